The monoisotopic (exact) mass is 2430 g/mol. The minimum atomic E-state index is -0.0680. The Morgan fingerprint density at radius 2 is 0.702 bits per heavy atom. The van der Waals surface area contributed by atoms with Gasteiger partial charge in [0.1, 0.15) is 49.0 Å². The minimum Gasteiger partial charge on any atom is -0.507 e. The topological polar surface area (TPSA) is 210 Å². The Labute approximate surface area is 872 Å². The van der Waals surface area contributed by atoms with E-state index < -0.39 is 0 Å². The maximum absolute atomic E-state index is 10.8. The quantitative estimate of drug-likeness (QED) is 0.0653. The van der Waals surface area contributed by atoms with Crippen LogP contribution >= 0.6 is 34.0 Å². The van der Waals surface area contributed by atoms with E-state index in [-0.39, 0.29) is 96.7 Å². The Balaban J connectivity index is 0.000000146. The predicted octanol–water partition coefficient (Wildman–Crippen LogP) is 33.1. The van der Waals surface area contributed by atoms with Gasteiger partial charge in [0.2, 0.25) is 0 Å². The summed E-state index contributed by atoms with van der Waals surface area (Å²) in [5.74, 6) is 0.578. The van der Waals surface area contributed by atoms with E-state index in [1.165, 1.54) is 0 Å². The molecule has 0 bridgehead atoms. The maximum Gasteiger partial charge on any atom is 0.143 e. The number of hydrogen-bond acceptors (Lipinski definition) is 16. The Morgan fingerprint density at radius 3 is 1.16 bits per heavy atom. The number of thiazole rings is 3. The number of para-hydroxylation sites is 6. The van der Waals surface area contributed by atoms with Crippen LogP contribution in [0.25, 0.3) is 173 Å². The number of fused-ring (bicyclic) bond motifs is 9. The van der Waals surface area contributed by atoms with Crippen molar-refractivity contribution >= 4 is 144 Å². The molecule has 0 radical (unpaired) electrons. The van der Waals surface area contributed by atoms with Gasteiger partial charge in [-0.05, 0) is 158 Å². The molecule has 13 nitrogen and oxygen atoms in total. The fraction of sp³-hybridized carbons (Fsp3) is 0.0984. The summed E-state index contributed by atoms with van der Waals surface area (Å²) < 4.78 is 16.2. The molecule has 141 heavy (non-hydrogen) atoms. The average Bonchev–Trinajstić information content (AvgIpc) is 1.59. The molecule has 0 fully saturated rings. The SMILES string of the molecule is CC(C)(C)c1ccc(O)c(C=Nc2ccccc2-c2nc3c(-c4[c-]cc(C#N)cc4)ccc(-c4ccc(C#N)cc4)c3s2)c1.CC(C)(C)c1ccc(O)c(C=Nc2ccccc2-c2nc3c(-c4[c-]ccc5c4oc4ccccc45)ccc(-c4cccc5c4oc4ccccc45)c3s2)c1.CC(C)(C)c1ccc(O)c(C=Nc2ccccc2-c2nc3c(-c4[c-]cccc4)ccc(-c4ccccc4)c3s2)c1.[Pt].[Pt].[Pt]. The molecule has 22 rings (SSSR count). The van der Waals surface area contributed by atoms with Gasteiger partial charge < -0.3 is 24.2 Å². The summed E-state index contributed by atoms with van der Waals surface area (Å²) in [7, 11) is 0. The molecule has 0 unspecified atom stereocenters. The number of nitrogens with zero attached hydrogens (tertiary/aromatic N) is 8. The van der Waals surface area contributed by atoms with Crippen LogP contribution in [0.4, 0.5) is 17.1 Å². The van der Waals surface area contributed by atoms with Gasteiger partial charge in [-0.1, -0.05) is 278 Å². The second-order valence-electron chi connectivity index (χ2n) is 36.9. The smallest absolute Gasteiger partial charge is 0.143 e. The van der Waals surface area contributed by atoms with Crippen LogP contribution < -0.4 is 0 Å². The third-order valence-electron chi connectivity index (χ3n) is 24.7. The number of hydrogen-bond donors (Lipinski definition) is 3. The molecule has 19 heteroatoms. The van der Waals surface area contributed by atoms with E-state index >= 15 is 0 Å². The van der Waals surface area contributed by atoms with Crippen LogP contribution in [-0.2, 0) is 79.4 Å². The summed E-state index contributed by atoms with van der Waals surface area (Å²) in [6.07, 6.45) is 5.19. The molecular formula is C122H89N8O5Pt3S3-3. The normalized spacial score (nSPS) is 11.7. The number of furan rings is 2. The zero-order chi connectivity index (χ0) is 95.1. The molecule has 0 saturated carbocycles. The second-order valence-corrected chi connectivity index (χ2v) is 39.9. The molecule has 0 aliphatic rings. The van der Waals surface area contributed by atoms with Crippen molar-refractivity contribution in [3.63, 3.8) is 0 Å². The third-order valence-corrected chi connectivity index (χ3v) is 28.1. The van der Waals surface area contributed by atoms with E-state index in [0.29, 0.717) is 27.8 Å². The number of aromatic nitrogens is 3. The van der Waals surface area contributed by atoms with Crippen LogP contribution in [-0.4, -0.2) is 48.9 Å². The van der Waals surface area contributed by atoms with E-state index in [9.17, 15) is 25.8 Å². The first-order chi connectivity index (χ1) is 66.9. The molecular weight excluding hydrogens is 2340 g/mol. The molecule has 0 aliphatic carbocycles. The van der Waals surface area contributed by atoms with Crippen molar-refractivity contribution in [2.75, 3.05) is 0 Å². The standard InChI is InChI=1S/C48H33N2O3S.C38H27N4OS.C36H29N2OS.3Pt/c1-48(2,3)29-22-25-40(51)28(26-29)27-49-39-19-7-4-14-38(39)47-50-43-32(35-17-10-15-33-30-12-5-8-20-41(30)52-44(33)35)23-24-37(46(43)54-47)36-18-11-16-34-31-13-6-9-21-42(31)53-45(34)36;1-38(2,3)29-16-19-34(43)28(20-29)23-41-33-7-5-4-6-32(33)37-42-35-30(26-12-8-24(21-39)9-13-26)17-18-31(36(35)44-37)27-14-10-25(22-40)11-15-27;1-36(2,3)27-18-21-32(39)26(22-27)23-37-31-17-11-10-16-30(31)35-38-33-28(24-12-6-4-7-13-24)19-20-29(34(33)40-35)25-14-8-5-9-15-25;;;/h4-16,18-27,51H,1-3H3;4-12,14-20,23,43H,1-3H3;4-12,14-23,39H,1-3H3;;;/q3*-1;;;. The van der Waals surface area contributed by atoms with Crippen LogP contribution in [0.1, 0.15) is 107 Å². The fourth-order valence-corrected chi connectivity index (χ4v) is 20.6. The first-order valence-corrected chi connectivity index (χ1v) is 47.8. The van der Waals surface area contributed by atoms with E-state index in [1.807, 2.05) is 200 Å². The van der Waals surface area contributed by atoms with Gasteiger partial charge in [-0.25, -0.2) is 20.2 Å². The fourth-order valence-electron chi connectivity index (χ4n) is 17.2. The van der Waals surface area contributed by atoms with Crippen LogP contribution in [0.2, 0.25) is 0 Å². The summed E-state index contributed by atoms with van der Waals surface area (Å²) in [4.78, 5) is 30.4. The second kappa shape index (κ2) is 41.5. The molecule has 0 atom stereocenters. The van der Waals surface area contributed by atoms with Gasteiger partial charge in [-0.2, -0.15) is 5.26 Å². The van der Waals surface area contributed by atoms with Gasteiger partial charge in [0.05, 0.1) is 48.4 Å². The summed E-state index contributed by atoms with van der Waals surface area (Å²) in [6.45, 7) is 19.4. The first kappa shape index (κ1) is 98.1. The molecule has 3 N–H and O–H groups in total. The van der Waals surface area contributed by atoms with Crippen LogP contribution in [0.5, 0.6) is 17.2 Å². The summed E-state index contributed by atoms with van der Waals surface area (Å²) in [5.41, 5.74) is 29.3. The van der Waals surface area contributed by atoms with E-state index in [1.54, 1.807) is 83.0 Å². The number of benzene rings is 17. The van der Waals surface area contributed by atoms with Crippen LogP contribution in [0, 0.1) is 40.9 Å². The molecule has 5 aromatic heterocycles. The average molecular weight is 2430 g/mol. The number of aromatic hydroxyl groups is 3. The Morgan fingerprint density at radius 1 is 0.319 bits per heavy atom. The number of aliphatic imine (C=N–C) groups is 3. The van der Waals surface area contributed by atoms with Crippen LogP contribution in [0.3, 0.4) is 0 Å². The Bertz CT molecular complexity index is 8340. The third kappa shape index (κ3) is 20.2. The minimum absolute atomic E-state index is 0. The summed E-state index contributed by atoms with van der Waals surface area (Å²) in [5, 5.41) is 57.2. The number of nitriles is 2. The van der Waals surface area contributed by atoms with E-state index in [4.69, 9.17) is 38.8 Å². The number of phenolic OH excluding ortho intramolecular Hbond substituents is 3. The molecule has 0 amide bonds. The molecule has 0 spiro atoms. The summed E-state index contributed by atoms with van der Waals surface area (Å²) in [6, 6.07) is 126. The van der Waals surface area contributed by atoms with Gasteiger partial charge >= 0.3 is 0 Å². The van der Waals surface area contributed by atoms with Crippen molar-refractivity contribution in [2.24, 2.45) is 15.0 Å². The summed E-state index contributed by atoms with van der Waals surface area (Å²) >= 11 is 4.89. The zero-order valence-corrected chi connectivity index (χ0v) is 87.2. The van der Waals surface area contributed by atoms with Crippen molar-refractivity contribution in [3.05, 3.63) is 402 Å². The number of rotatable bonds is 15. The zero-order valence-electron chi connectivity index (χ0n) is 78.0. The van der Waals surface area contributed by atoms with Gasteiger partial charge in [-0.3, -0.25) is 15.0 Å². The van der Waals surface area contributed by atoms with Crippen molar-refractivity contribution in [1.82, 2.24) is 15.0 Å². The van der Waals surface area contributed by atoms with Gasteiger partial charge in [0.25, 0.3) is 0 Å². The molecule has 0 aliphatic heterocycles. The molecule has 0 saturated heterocycles. The van der Waals surface area contributed by atoms with Gasteiger partial charge in [0.15, 0.2) is 0 Å². The van der Waals surface area contributed by atoms with Crippen molar-refractivity contribution in [2.45, 2.75) is 78.6 Å². The predicted molar refractivity (Wildman–Crippen MR) is 570 cm³/mol. The maximum atomic E-state index is 10.8. The van der Waals surface area contributed by atoms with Crippen molar-refractivity contribution in [3.8, 4) is 128 Å². The van der Waals surface area contributed by atoms with Gasteiger partial charge in [-0.15, -0.1) is 118 Å². The van der Waals surface area contributed by atoms with Crippen LogP contribution in [0.15, 0.2) is 364 Å². The Hall–Kier alpha value is -14.5. The molecule has 698 valence electrons. The van der Waals surface area contributed by atoms with Crippen molar-refractivity contribution in [1.29, 1.82) is 10.5 Å². The van der Waals surface area contributed by atoms with Crippen molar-refractivity contribution < 1.29 is 87.3 Å². The van der Waals surface area contributed by atoms with Gasteiger partial charge in [0, 0.05) is 165 Å². The number of phenols is 3. The Kier molecular flexibility index (Phi) is 28.9. The van der Waals surface area contributed by atoms with E-state index in [2.05, 4.69) is 202 Å². The molecule has 17 aromatic carbocycles. The molecule has 22 aromatic rings. The molecule has 5 heterocycles. The largest absolute Gasteiger partial charge is 0.507 e. The first-order valence-electron chi connectivity index (χ1n) is 45.3. The van der Waals surface area contributed by atoms with E-state index in [0.717, 1.165) is 207 Å².